The van der Waals surface area contributed by atoms with Crippen molar-refractivity contribution in [2.75, 3.05) is 6.54 Å². The molecule has 4 rings (SSSR count). The number of hydrogen-bond donors (Lipinski definition) is 2. The molecule has 28 heavy (non-hydrogen) atoms. The van der Waals surface area contributed by atoms with Crippen molar-refractivity contribution in [3.05, 3.63) is 66.5 Å². The number of aliphatic imine (C=N–C) groups is 1. The first kappa shape index (κ1) is 18.2. The van der Waals surface area contributed by atoms with Crippen LogP contribution in [0.4, 0.5) is 4.39 Å². The molecule has 1 aliphatic rings. The summed E-state index contributed by atoms with van der Waals surface area (Å²) in [6.07, 6.45) is 9.12. The van der Waals surface area contributed by atoms with Crippen molar-refractivity contribution >= 4 is 5.84 Å². The first-order valence-electron chi connectivity index (χ1n) is 9.15. The second-order valence-corrected chi connectivity index (χ2v) is 7.18. The molecule has 0 amide bonds. The van der Waals surface area contributed by atoms with E-state index in [-0.39, 0.29) is 5.54 Å². The SMILES string of the molecule is NC(=NCC1(N)CCC1)c1ccc(-c2cncc(-c3cncc(F)c3)n2)cc1. The van der Waals surface area contributed by atoms with Gasteiger partial charge in [0.05, 0.1) is 36.5 Å². The Labute approximate surface area is 162 Å². The molecule has 0 saturated heterocycles. The first-order chi connectivity index (χ1) is 13.5. The predicted octanol–water partition coefficient (Wildman–Crippen LogP) is 2.93. The lowest BCUT2D eigenvalue weighted by Gasteiger charge is -2.36. The smallest absolute Gasteiger partial charge is 0.142 e. The summed E-state index contributed by atoms with van der Waals surface area (Å²) in [5.41, 5.74) is 15.6. The Hall–Kier alpha value is -3.19. The molecule has 4 N–H and O–H groups in total. The molecule has 0 atom stereocenters. The van der Waals surface area contributed by atoms with Gasteiger partial charge in [0.1, 0.15) is 11.7 Å². The number of rotatable bonds is 5. The van der Waals surface area contributed by atoms with Crippen LogP contribution in [0.25, 0.3) is 22.5 Å². The molecule has 1 aromatic carbocycles. The summed E-state index contributed by atoms with van der Waals surface area (Å²) in [7, 11) is 0. The van der Waals surface area contributed by atoms with Crippen LogP contribution < -0.4 is 11.5 Å². The Bertz CT molecular complexity index is 1010. The monoisotopic (exact) mass is 376 g/mol. The highest BCUT2D eigenvalue weighted by molar-refractivity contribution is 5.97. The lowest BCUT2D eigenvalue weighted by molar-refractivity contribution is 0.259. The molecule has 0 radical (unpaired) electrons. The van der Waals surface area contributed by atoms with E-state index in [1.807, 2.05) is 24.3 Å². The molecule has 1 fully saturated rings. The Morgan fingerprint density at radius 3 is 2.32 bits per heavy atom. The van der Waals surface area contributed by atoms with E-state index in [1.54, 1.807) is 18.6 Å². The lowest BCUT2D eigenvalue weighted by atomic mass is 9.78. The molecule has 0 unspecified atom stereocenters. The molecule has 1 saturated carbocycles. The zero-order valence-electron chi connectivity index (χ0n) is 15.3. The minimum Gasteiger partial charge on any atom is -0.384 e. The van der Waals surface area contributed by atoms with Crippen molar-refractivity contribution in [2.45, 2.75) is 24.8 Å². The fourth-order valence-electron chi connectivity index (χ4n) is 3.13. The Kier molecular flexibility index (Phi) is 4.83. The highest BCUT2D eigenvalue weighted by Crippen LogP contribution is 2.29. The van der Waals surface area contributed by atoms with Gasteiger partial charge in [-0.15, -0.1) is 0 Å². The van der Waals surface area contributed by atoms with E-state index in [0.29, 0.717) is 29.3 Å². The van der Waals surface area contributed by atoms with Gasteiger partial charge in [-0.2, -0.15) is 0 Å². The largest absolute Gasteiger partial charge is 0.384 e. The number of halogens is 1. The zero-order chi connectivity index (χ0) is 19.6. The average molecular weight is 376 g/mol. The normalized spacial score (nSPS) is 15.9. The highest BCUT2D eigenvalue weighted by atomic mass is 19.1. The molecule has 2 heterocycles. The summed E-state index contributed by atoms with van der Waals surface area (Å²) in [4.78, 5) is 17.1. The fourth-order valence-corrected chi connectivity index (χ4v) is 3.13. The van der Waals surface area contributed by atoms with E-state index < -0.39 is 5.82 Å². The number of nitrogens with two attached hydrogens (primary N) is 2. The summed E-state index contributed by atoms with van der Waals surface area (Å²) < 4.78 is 13.4. The third-order valence-electron chi connectivity index (χ3n) is 5.03. The van der Waals surface area contributed by atoms with Crippen LogP contribution in [-0.4, -0.2) is 32.9 Å². The van der Waals surface area contributed by atoms with Gasteiger partial charge in [-0.05, 0) is 25.3 Å². The van der Waals surface area contributed by atoms with Gasteiger partial charge in [0.2, 0.25) is 0 Å². The van der Waals surface area contributed by atoms with E-state index in [1.165, 1.54) is 6.07 Å². The molecular formula is C21H21FN6. The van der Waals surface area contributed by atoms with Gasteiger partial charge in [0, 0.05) is 28.4 Å². The molecule has 2 aromatic heterocycles. The molecule has 0 spiro atoms. The van der Waals surface area contributed by atoms with Gasteiger partial charge in [0.25, 0.3) is 0 Å². The number of nitrogens with zero attached hydrogens (tertiary/aromatic N) is 4. The van der Waals surface area contributed by atoms with Gasteiger partial charge in [0.15, 0.2) is 0 Å². The van der Waals surface area contributed by atoms with Crippen molar-refractivity contribution in [1.29, 1.82) is 0 Å². The molecule has 3 aromatic rings. The number of pyridine rings is 1. The van der Waals surface area contributed by atoms with Gasteiger partial charge >= 0.3 is 0 Å². The minimum atomic E-state index is -0.412. The second kappa shape index (κ2) is 7.44. The second-order valence-electron chi connectivity index (χ2n) is 7.18. The minimum absolute atomic E-state index is 0.188. The third kappa shape index (κ3) is 3.89. The lowest BCUT2D eigenvalue weighted by Crippen LogP contribution is -2.49. The standard InChI is InChI=1S/C21H21FN6/c22-17-8-16(9-25-10-17)19-12-26-11-18(28-19)14-2-4-15(5-3-14)20(23)27-13-21(24)6-1-7-21/h2-5,8-12H,1,6-7,13,24H2,(H2,23,27). The van der Waals surface area contributed by atoms with Crippen LogP contribution in [0.5, 0.6) is 0 Å². The summed E-state index contributed by atoms with van der Waals surface area (Å²) in [5.74, 6) is 0.0684. The molecule has 142 valence electrons. The third-order valence-corrected chi connectivity index (χ3v) is 5.03. The van der Waals surface area contributed by atoms with Crippen LogP contribution in [0, 0.1) is 5.82 Å². The Morgan fingerprint density at radius 1 is 1.00 bits per heavy atom. The van der Waals surface area contributed by atoms with Crippen molar-refractivity contribution in [3.63, 3.8) is 0 Å². The number of benzene rings is 1. The summed E-state index contributed by atoms with van der Waals surface area (Å²) in [5, 5.41) is 0. The van der Waals surface area contributed by atoms with Gasteiger partial charge in [-0.25, -0.2) is 9.37 Å². The van der Waals surface area contributed by atoms with Crippen LogP contribution in [0.2, 0.25) is 0 Å². The van der Waals surface area contributed by atoms with Crippen LogP contribution in [0.1, 0.15) is 24.8 Å². The molecule has 7 heteroatoms. The maximum Gasteiger partial charge on any atom is 0.142 e. The highest BCUT2D eigenvalue weighted by Gasteiger charge is 2.32. The average Bonchev–Trinajstić information content (AvgIpc) is 2.71. The zero-order valence-corrected chi connectivity index (χ0v) is 15.3. The molecule has 6 nitrogen and oxygen atoms in total. The van der Waals surface area contributed by atoms with Crippen LogP contribution in [0.3, 0.4) is 0 Å². The van der Waals surface area contributed by atoms with Crippen molar-refractivity contribution in [2.24, 2.45) is 16.5 Å². The van der Waals surface area contributed by atoms with Gasteiger partial charge < -0.3 is 11.5 Å². The number of aromatic nitrogens is 3. The predicted molar refractivity (Wildman–Crippen MR) is 107 cm³/mol. The number of hydrogen-bond acceptors (Lipinski definition) is 5. The van der Waals surface area contributed by atoms with E-state index in [4.69, 9.17) is 11.5 Å². The van der Waals surface area contributed by atoms with E-state index in [9.17, 15) is 4.39 Å². The summed E-state index contributed by atoms with van der Waals surface area (Å²) in [6.45, 7) is 0.551. The molecular weight excluding hydrogens is 355 g/mol. The maximum absolute atomic E-state index is 13.4. The van der Waals surface area contributed by atoms with Crippen molar-refractivity contribution in [1.82, 2.24) is 15.0 Å². The topological polar surface area (TPSA) is 103 Å². The summed E-state index contributed by atoms with van der Waals surface area (Å²) in [6, 6.07) is 9.01. The molecule has 0 aliphatic heterocycles. The van der Waals surface area contributed by atoms with E-state index in [0.717, 1.165) is 36.6 Å². The Morgan fingerprint density at radius 2 is 1.68 bits per heavy atom. The number of amidine groups is 1. The van der Waals surface area contributed by atoms with Gasteiger partial charge in [-0.3, -0.25) is 15.0 Å². The summed E-state index contributed by atoms with van der Waals surface area (Å²) >= 11 is 0. The fraction of sp³-hybridized carbons (Fsp3) is 0.238. The van der Waals surface area contributed by atoms with Crippen LogP contribution in [-0.2, 0) is 0 Å². The van der Waals surface area contributed by atoms with Crippen molar-refractivity contribution < 1.29 is 4.39 Å². The van der Waals surface area contributed by atoms with Gasteiger partial charge in [-0.1, -0.05) is 24.3 Å². The van der Waals surface area contributed by atoms with E-state index >= 15 is 0 Å². The van der Waals surface area contributed by atoms with E-state index in [2.05, 4.69) is 19.9 Å². The quantitative estimate of drug-likeness (QED) is 0.526. The maximum atomic E-state index is 13.4. The Balaban J connectivity index is 1.54. The van der Waals surface area contributed by atoms with Crippen LogP contribution >= 0.6 is 0 Å². The first-order valence-corrected chi connectivity index (χ1v) is 9.15. The van der Waals surface area contributed by atoms with Crippen molar-refractivity contribution in [3.8, 4) is 22.5 Å². The molecule has 0 bridgehead atoms. The van der Waals surface area contributed by atoms with Crippen LogP contribution in [0.15, 0.2) is 60.1 Å². The molecule has 1 aliphatic carbocycles.